The molecule has 3 rings (SSSR count). The lowest BCUT2D eigenvalue weighted by molar-refractivity contribution is 0.213. The van der Waals surface area contributed by atoms with Crippen LogP contribution in [0.15, 0.2) is 34.9 Å². The van der Waals surface area contributed by atoms with Crippen LogP contribution in [-0.2, 0) is 6.54 Å². The molecule has 1 aliphatic heterocycles. The van der Waals surface area contributed by atoms with Gasteiger partial charge in [0.1, 0.15) is 5.69 Å². The van der Waals surface area contributed by atoms with Crippen molar-refractivity contribution < 1.29 is 4.52 Å². The number of likely N-dealkylation sites (tertiary alicyclic amines) is 1. The zero-order valence-corrected chi connectivity index (χ0v) is 14.0. The van der Waals surface area contributed by atoms with Gasteiger partial charge in [-0.15, -0.1) is 12.4 Å². The fourth-order valence-corrected chi connectivity index (χ4v) is 3.02. The largest absolute Gasteiger partial charge is 0.359 e. The molecule has 0 saturated carbocycles. The van der Waals surface area contributed by atoms with Crippen LogP contribution in [-0.4, -0.2) is 36.2 Å². The van der Waals surface area contributed by atoms with Crippen molar-refractivity contribution in [1.82, 2.24) is 15.4 Å². The lowest BCUT2D eigenvalue weighted by Gasteiger charge is -2.22. The third-order valence-electron chi connectivity index (χ3n) is 4.20. The zero-order valence-electron chi connectivity index (χ0n) is 13.2. The van der Waals surface area contributed by atoms with Gasteiger partial charge >= 0.3 is 0 Å². The number of hydrogen-bond acceptors (Lipinski definition) is 4. The summed E-state index contributed by atoms with van der Waals surface area (Å²) >= 11 is 0. The lowest BCUT2D eigenvalue weighted by Crippen LogP contribution is -2.36. The fourth-order valence-electron chi connectivity index (χ4n) is 3.02. The second-order valence-corrected chi connectivity index (χ2v) is 5.87. The first-order valence-electron chi connectivity index (χ1n) is 7.67. The van der Waals surface area contributed by atoms with Crippen LogP contribution in [0.3, 0.4) is 0 Å². The Kier molecular flexibility index (Phi) is 6.00. The number of nitrogens with zero attached hydrogens (tertiary/aromatic N) is 2. The van der Waals surface area contributed by atoms with Crippen LogP contribution in [0.2, 0.25) is 0 Å². The van der Waals surface area contributed by atoms with Gasteiger partial charge in [0.15, 0.2) is 5.76 Å². The van der Waals surface area contributed by atoms with E-state index in [9.17, 15) is 0 Å². The van der Waals surface area contributed by atoms with Crippen molar-refractivity contribution in [2.24, 2.45) is 0 Å². The van der Waals surface area contributed by atoms with Gasteiger partial charge in [0.05, 0.1) is 6.54 Å². The first-order valence-corrected chi connectivity index (χ1v) is 7.67. The number of hydrogen-bond donors (Lipinski definition) is 1. The van der Waals surface area contributed by atoms with Crippen LogP contribution in [0.4, 0.5) is 0 Å². The highest BCUT2D eigenvalue weighted by Crippen LogP contribution is 2.23. The number of likely N-dealkylation sites (N-methyl/N-ethyl adjacent to an activating group) is 1. The van der Waals surface area contributed by atoms with Crippen LogP contribution in [0.25, 0.3) is 11.3 Å². The average molecular weight is 322 g/mol. The van der Waals surface area contributed by atoms with E-state index in [2.05, 4.69) is 52.6 Å². The fraction of sp³-hybridized carbons (Fsp3) is 0.471. The first kappa shape index (κ1) is 17.0. The van der Waals surface area contributed by atoms with Gasteiger partial charge in [-0.05, 0) is 33.4 Å². The third-order valence-corrected chi connectivity index (χ3v) is 4.20. The van der Waals surface area contributed by atoms with E-state index in [1.165, 1.54) is 18.4 Å². The standard InChI is InChI=1S/C17H23N3O.ClH/c1-13-5-7-14(8-6-13)17-10-16(21-19-17)12-20-9-3-4-15(20)11-18-2;/h5-8,10,15,18H,3-4,9,11-12H2,1-2H3;1H. The maximum atomic E-state index is 5.53. The van der Waals surface area contributed by atoms with E-state index in [1.54, 1.807) is 0 Å². The molecule has 1 aliphatic rings. The molecular formula is C17H24ClN3O. The van der Waals surface area contributed by atoms with Gasteiger partial charge in [-0.1, -0.05) is 35.0 Å². The molecule has 120 valence electrons. The van der Waals surface area contributed by atoms with E-state index < -0.39 is 0 Å². The monoisotopic (exact) mass is 321 g/mol. The number of aryl methyl sites for hydroxylation is 1. The quantitative estimate of drug-likeness (QED) is 0.917. The topological polar surface area (TPSA) is 41.3 Å². The summed E-state index contributed by atoms with van der Waals surface area (Å²) in [5.41, 5.74) is 3.30. The summed E-state index contributed by atoms with van der Waals surface area (Å²) in [5, 5.41) is 7.49. The number of nitrogens with one attached hydrogen (secondary N) is 1. The van der Waals surface area contributed by atoms with Crippen molar-refractivity contribution in [2.45, 2.75) is 32.4 Å². The molecule has 0 bridgehead atoms. The van der Waals surface area contributed by atoms with E-state index in [-0.39, 0.29) is 12.4 Å². The molecule has 1 fully saturated rings. The Morgan fingerprint density at radius 3 is 2.82 bits per heavy atom. The molecule has 5 heteroatoms. The molecule has 1 unspecified atom stereocenters. The summed E-state index contributed by atoms with van der Waals surface area (Å²) in [7, 11) is 2.01. The second kappa shape index (κ2) is 7.77. The van der Waals surface area contributed by atoms with E-state index in [0.29, 0.717) is 6.04 Å². The van der Waals surface area contributed by atoms with Crippen LogP contribution in [0, 0.1) is 6.92 Å². The molecule has 1 atom stereocenters. The summed E-state index contributed by atoms with van der Waals surface area (Å²) in [4.78, 5) is 2.48. The summed E-state index contributed by atoms with van der Waals surface area (Å²) in [5.74, 6) is 0.952. The van der Waals surface area contributed by atoms with Gasteiger partial charge in [0.2, 0.25) is 0 Å². The molecule has 1 N–H and O–H groups in total. The Bertz CT molecular complexity index is 582. The van der Waals surface area contributed by atoms with Gasteiger partial charge in [-0.3, -0.25) is 4.90 Å². The Morgan fingerprint density at radius 1 is 1.32 bits per heavy atom. The highest BCUT2D eigenvalue weighted by Gasteiger charge is 2.24. The molecule has 0 radical (unpaired) electrons. The van der Waals surface area contributed by atoms with E-state index >= 15 is 0 Å². The maximum Gasteiger partial charge on any atom is 0.151 e. The van der Waals surface area contributed by atoms with Crippen molar-refractivity contribution in [3.05, 3.63) is 41.7 Å². The van der Waals surface area contributed by atoms with Crippen molar-refractivity contribution in [1.29, 1.82) is 0 Å². The average Bonchev–Trinajstić information content (AvgIpc) is 3.11. The Morgan fingerprint density at radius 2 is 2.09 bits per heavy atom. The third kappa shape index (κ3) is 3.88. The Balaban J connectivity index is 0.00000176. The van der Waals surface area contributed by atoms with Crippen LogP contribution in [0.1, 0.15) is 24.2 Å². The Hall–Kier alpha value is -1.36. The van der Waals surface area contributed by atoms with Crippen molar-refractivity contribution in [3.63, 3.8) is 0 Å². The molecule has 1 aromatic carbocycles. The van der Waals surface area contributed by atoms with Gasteiger partial charge in [-0.2, -0.15) is 0 Å². The molecule has 22 heavy (non-hydrogen) atoms. The minimum absolute atomic E-state index is 0. The SMILES string of the molecule is CNCC1CCCN1Cc1cc(-c2ccc(C)cc2)no1.Cl. The predicted octanol–water partition coefficient (Wildman–Crippen LogP) is 3.26. The number of aromatic nitrogens is 1. The summed E-state index contributed by atoms with van der Waals surface area (Å²) in [6.45, 7) is 5.13. The number of halogens is 1. The van der Waals surface area contributed by atoms with Gasteiger partial charge in [0, 0.05) is 24.2 Å². The molecular weight excluding hydrogens is 298 g/mol. The normalized spacial score (nSPS) is 18.4. The molecule has 1 aromatic heterocycles. The predicted molar refractivity (Wildman–Crippen MR) is 91.3 cm³/mol. The summed E-state index contributed by atoms with van der Waals surface area (Å²) < 4.78 is 5.53. The minimum Gasteiger partial charge on any atom is -0.359 e. The highest BCUT2D eigenvalue weighted by molar-refractivity contribution is 5.85. The molecule has 4 nitrogen and oxygen atoms in total. The van der Waals surface area contributed by atoms with E-state index in [1.807, 2.05) is 7.05 Å². The minimum atomic E-state index is 0. The van der Waals surface area contributed by atoms with Crippen LogP contribution < -0.4 is 5.32 Å². The highest BCUT2D eigenvalue weighted by atomic mass is 35.5. The molecule has 2 heterocycles. The number of benzene rings is 1. The van der Waals surface area contributed by atoms with E-state index in [0.717, 1.165) is 36.7 Å². The summed E-state index contributed by atoms with van der Waals surface area (Å²) in [6.07, 6.45) is 2.53. The smallest absolute Gasteiger partial charge is 0.151 e. The Labute approximate surface area is 138 Å². The summed E-state index contributed by atoms with van der Waals surface area (Å²) in [6, 6.07) is 11.1. The second-order valence-electron chi connectivity index (χ2n) is 5.87. The molecule has 0 amide bonds. The first-order chi connectivity index (χ1) is 10.3. The molecule has 1 saturated heterocycles. The van der Waals surface area contributed by atoms with Gasteiger partial charge in [-0.25, -0.2) is 0 Å². The maximum absolute atomic E-state index is 5.53. The van der Waals surface area contributed by atoms with Crippen molar-refractivity contribution >= 4 is 12.4 Å². The van der Waals surface area contributed by atoms with Gasteiger partial charge in [0.25, 0.3) is 0 Å². The molecule has 0 spiro atoms. The molecule has 2 aromatic rings. The number of rotatable bonds is 5. The zero-order chi connectivity index (χ0) is 14.7. The van der Waals surface area contributed by atoms with E-state index in [4.69, 9.17) is 4.52 Å². The van der Waals surface area contributed by atoms with Crippen molar-refractivity contribution in [3.8, 4) is 11.3 Å². The van der Waals surface area contributed by atoms with Crippen molar-refractivity contribution in [2.75, 3.05) is 20.1 Å². The van der Waals surface area contributed by atoms with Crippen LogP contribution in [0.5, 0.6) is 0 Å². The van der Waals surface area contributed by atoms with Crippen LogP contribution >= 0.6 is 12.4 Å². The lowest BCUT2D eigenvalue weighted by atomic mass is 10.1. The molecule has 0 aliphatic carbocycles. The van der Waals surface area contributed by atoms with Gasteiger partial charge < -0.3 is 9.84 Å².